The van der Waals surface area contributed by atoms with Gasteiger partial charge in [0.25, 0.3) is 0 Å². The van der Waals surface area contributed by atoms with Crippen LogP contribution in [0.2, 0.25) is 0 Å². The van der Waals surface area contributed by atoms with Crippen molar-refractivity contribution in [1.82, 2.24) is 0 Å². The summed E-state index contributed by atoms with van der Waals surface area (Å²) in [5.74, 6) is 0.888. The highest BCUT2D eigenvalue weighted by molar-refractivity contribution is 5.31. The van der Waals surface area contributed by atoms with E-state index in [0.29, 0.717) is 0 Å². The van der Waals surface area contributed by atoms with Gasteiger partial charge >= 0.3 is 0 Å². The lowest BCUT2D eigenvalue weighted by molar-refractivity contribution is 0.416. The summed E-state index contributed by atoms with van der Waals surface area (Å²) in [6.45, 7) is 3.56. The number of ether oxygens (including phenoxy) is 1. The average Bonchev–Trinajstić information content (AvgIpc) is 2.33. The van der Waals surface area contributed by atoms with Gasteiger partial charge in [-0.3, -0.25) is 0 Å². The van der Waals surface area contributed by atoms with Crippen molar-refractivity contribution in [2.75, 3.05) is 0 Å². The second-order valence-electron chi connectivity index (χ2n) is 3.66. The minimum absolute atomic E-state index is 0.888. The van der Waals surface area contributed by atoms with E-state index < -0.39 is 0 Å². The first-order valence-electron chi connectivity index (χ1n) is 5.46. The average molecular weight is 211 g/mol. The maximum absolute atomic E-state index is 5.29. The summed E-state index contributed by atoms with van der Waals surface area (Å²) in [6.07, 6.45) is 0.969. The Labute approximate surface area is 96.7 Å². The summed E-state index contributed by atoms with van der Waals surface area (Å²) in [6, 6.07) is 18.7. The first-order valence-corrected chi connectivity index (χ1v) is 5.46. The van der Waals surface area contributed by atoms with Gasteiger partial charge in [-0.1, -0.05) is 42.5 Å². The van der Waals surface area contributed by atoms with Gasteiger partial charge in [0, 0.05) is 0 Å². The molecule has 0 amide bonds. The molecular weight excluding hydrogens is 196 g/mol. The molecule has 0 N–H and O–H groups in total. The van der Waals surface area contributed by atoms with E-state index >= 15 is 0 Å². The molecule has 16 heavy (non-hydrogen) atoms. The van der Waals surface area contributed by atoms with Gasteiger partial charge in [-0.15, -0.1) is 0 Å². The Morgan fingerprint density at radius 1 is 0.875 bits per heavy atom. The van der Waals surface area contributed by atoms with Crippen molar-refractivity contribution in [3.8, 4) is 5.75 Å². The molecule has 0 fully saturated rings. The first-order chi connectivity index (χ1) is 7.88. The van der Waals surface area contributed by atoms with Gasteiger partial charge in [-0.05, 0) is 36.6 Å². The summed E-state index contributed by atoms with van der Waals surface area (Å²) >= 11 is 0. The smallest absolute Gasteiger partial charge is 0.132 e. The van der Waals surface area contributed by atoms with Crippen molar-refractivity contribution < 1.29 is 4.74 Å². The van der Waals surface area contributed by atoms with Crippen LogP contribution in [0.4, 0.5) is 0 Å². The Morgan fingerprint density at radius 3 is 2.12 bits per heavy atom. The fourth-order valence-electron chi connectivity index (χ4n) is 1.65. The zero-order valence-corrected chi connectivity index (χ0v) is 9.39. The van der Waals surface area contributed by atoms with Crippen LogP contribution in [0.25, 0.3) is 0 Å². The molecule has 0 saturated carbocycles. The third-order valence-corrected chi connectivity index (χ3v) is 2.43. The number of rotatable bonds is 4. The van der Waals surface area contributed by atoms with Gasteiger partial charge in [0.15, 0.2) is 0 Å². The molecule has 0 aliphatic carbocycles. The molecule has 0 aliphatic rings. The van der Waals surface area contributed by atoms with Gasteiger partial charge in [-0.25, -0.2) is 0 Å². The zero-order valence-electron chi connectivity index (χ0n) is 9.39. The van der Waals surface area contributed by atoms with E-state index in [4.69, 9.17) is 4.74 Å². The molecule has 0 spiro atoms. The second kappa shape index (κ2) is 5.36. The van der Waals surface area contributed by atoms with Crippen LogP contribution < -0.4 is 4.74 Å². The number of hydrogen-bond acceptors (Lipinski definition) is 1. The SMILES string of the molecule is C[CH]Oc1ccc(Cc2ccccc2)cc1. The van der Waals surface area contributed by atoms with Gasteiger partial charge in [0.05, 0.1) is 0 Å². The quantitative estimate of drug-likeness (QED) is 0.746. The summed E-state index contributed by atoms with van der Waals surface area (Å²) in [7, 11) is 0. The molecule has 1 heteroatoms. The van der Waals surface area contributed by atoms with Crippen LogP contribution in [-0.4, -0.2) is 0 Å². The maximum atomic E-state index is 5.29. The second-order valence-corrected chi connectivity index (χ2v) is 3.66. The molecule has 1 radical (unpaired) electrons. The minimum atomic E-state index is 0.888. The Bertz CT molecular complexity index is 417. The Hall–Kier alpha value is -1.76. The summed E-state index contributed by atoms with van der Waals surface area (Å²) in [4.78, 5) is 0. The van der Waals surface area contributed by atoms with Crippen molar-refractivity contribution >= 4 is 0 Å². The van der Waals surface area contributed by atoms with Crippen LogP contribution in [0.3, 0.4) is 0 Å². The predicted molar refractivity (Wildman–Crippen MR) is 66.3 cm³/mol. The Kier molecular flexibility index (Phi) is 3.60. The highest BCUT2D eigenvalue weighted by Crippen LogP contribution is 2.15. The third-order valence-electron chi connectivity index (χ3n) is 2.43. The lowest BCUT2D eigenvalue weighted by Gasteiger charge is -2.04. The fraction of sp³-hybridized carbons (Fsp3) is 0.133. The molecule has 0 saturated heterocycles. The van der Waals surface area contributed by atoms with E-state index in [1.54, 1.807) is 6.61 Å². The predicted octanol–water partition coefficient (Wildman–Crippen LogP) is 3.84. The molecule has 81 valence electrons. The standard InChI is InChI=1S/C15H15O/c1-2-16-15-10-8-14(9-11-15)12-13-6-4-3-5-7-13/h2-11H,12H2,1H3. The maximum Gasteiger partial charge on any atom is 0.132 e. The van der Waals surface area contributed by atoms with Crippen LogP contribution in [0, 0.1) is 6.61 Å². The Morgan fingerprint density at radius 2 is 1.50 bits per heavy atom. The van der Waals surface area contributed by atoms with Crippen molar-refractivity contribution in [3.63, 3.8) is 0 Å². The first kappa shape index (κ1) is 10.7. The van der Waals surface area contributed by atoms with Crippen LogP contribution >= 0.6 is 0 Å². The van der Waals surface area contributed by atoms with Crippen LogP contribution in [0.1, 0.15) is 18.1 Å². The van der Waals surface area contributed by atoms with E-state index in [9.17, 15) is 0 Å². The monoisotopic (exact) mass is 211 g/mol. The molecule has 1 nitrogen and oxygen atoms in total. The highest BCUT2D eigenvalue weighted by atomic mass is 16.5. The highest BCUT2D eigenvalue weighted by Gasteiger charge is 1.96. The van der Waals surface area contributed by atoms with Crippen molar-refractivity contribution in [2.45, 2.75) is 13.3 Å². The van der Waals surface area contributed by atoms with E-state index in [1.165, 1.54) is 11.1 Å². The molecule has 2 rings (SSSR count). The Balaban J connectivity index is 2.05. The van der Waals surface area contributed by atoms with E-state index in [1.807, 2.05) is 25.1 Å². The number of hydrogen-bond donors (Lipinski definition) is 0. The fourth-order valence-corrected chi connectivity index (χ4v) is 1.65. The topological polar surface area (TPSA) is 9.23 Å². The summed E-state index contributed by atoms with van der Waals surface area (Å²) in [5, 5.41) is 0. The van der Waals surface area contributed by atoms with Crippen LogP contribution in [-0.2, 0) is 6.42 Å². The molecule has 0 bridgehead atoms. The molecule has 0 heterocycles. The molecule has 0 unspecified atom stereocenters. The van der Waals surface area contributed by atoms with Gasteiger partial charge in [0.2, 0.25) is 0 Å². The van der Waals surface area contributed by atoms with Crippen molar-refractivity contribution in [2.24, 2.45) is 0 Å². The van der Waals surface area contributed by atoms with Gasteiger partial charge in [-0.2, -0.15) is 0 Å². The molecule has 2 aromatic carbocycles. The molecule has 0 atom stereocenters. The van der Waals surface area contributed by atoms with E-state index in [0.717, 1.165) is 12.2 Å². The van der Waals surface area contributed by atoms with Crippen molar-refractivity contribution in [1.29, 1.82) is 0 Å². The molecule has 0 aliphatic heterocycles. The molecule has 0 aromatic heterocycles. The van der Waals surface area contributed by atoms with E-state index in [2.05, 4.69) is 36.4 Å². The molecular formula is C15H15O. The zero-order chi connectivity index (χ0) is 11.2. The van der Waals surface area contributed by atoms with E-state index in [-0.39, 0.29) is 0 Å². The lowest BCUT2D eigenvalue weighted by atomic mass is 10.1. The largest absolute Gasteiger partial charge is 0.487 e. The normalized spacial score (nSPS) is 10.1. The van der Waals surface area contributed by atoms with Gasteiger partial charge < -0.3 is 4.74 Å². The van der Waals surface area contributed by atoms with Crippen LogP contribution in [0.15, 0.2) is 54.6 Å². The van der Waals surface area contributed by atoms with Crippen LogP contribution in [0.5, 0.6) is 5.75 Å². The number of benzene rings is 2. The summed E-state index contributed by atoms with van der Waals surface area (Å²) in [5.41, 5.74) is 2.63. The van der Waals surface area contributed by atoms with Crippen molar-refractivity contribution in [3.05, 3.63) is 72.3 Å². The lowest BCUT2D eigenvalue weighted by Crippen LogP contribution is -1.89. The summed E-state index contributed by atoms with van der Waals surface area (Å²) < 4.78 is 5.29. The third kappa shape index (κ3) is 2.86. The van der Waals surface area contributed by atoms with Gasteiger partial charge in [0.1, 0.15) is 12.4 Å². The molecule has 2 aromatic rings. The minimum Gasteiger partial charge on any atom is -0.487 e.